The summed E-state index contributed by atoms with van der Waals surface area (Å²) in [6, 6.07) is 2.91. The molecule has 2 heterocycles. The number of amides is 1. The van der Waals surface area contributed by atoms with Gasteiger partial charge in [0.1, 0.15) is 22.8 Å². The fourth-order valence-corrected chi connectivity index (χ4v) is 3.60. The van der Waals surface area contributed by atoms with E-state index in [2.05, 4.69) is 11.9 Å². The van der Waals surface area contributed by atoms with E-state index < -0.39 is 0 Å². The van der Waals surface area contributed by atoms with E-state index in [9.17, 15) is 9.18 Å². The minimum absolute atomic E-state index is 0.0256. The van der Waals surface area contributed by atoms with Crippen molar-refractivity contribution >= 4 is 28.4 Å². The largest absolute Gasteiger partial charge is 0.488 e. The summed E-state index contributed by atoms with van der Waals surface area (Å²) in [4.78, 5) is 16.3. The highest BCUT2D eigenvalue weighted by Crippen LogP contribution is 2.35. The highest BCUT2D eigenvalue weighted by Gasteiger charge is 2.23. The lowest BCUT2D eigenvalue weighted by Gasteiger charge is -2.31. The third-order valence-electron chi connectivity index (χ3n) is 4.57. The molecule has 0 radical (unpaired) electrons. The number of aromatic amines is 1. The van der Waals surface area contributed by atoms with Crippen LogP contribution in [0.1, 0.15) is 38.7 Å². The Balaban J connectivity index is 1.85. The minimum Gasteiger partial charge on any atom is -0.488 e. The van der Waals surface area contributed by atoms with Gasteiger partial charge in [-0.25, -0.2) is 4.39 Å². The molecule has 0 aliphatic carbocycles. The van der Waals surface area contributed by atoms with Gasteiger partial charge in [0.25, 0.3) is 0 Å². The van der Waals surface area contributed by atoms with Gasteiger partial charge in [0.05, 0.1) is 5.52 Å². The smallest absolute Gasteiger partial charge is 0.219 e. The highest BCUT2D eigenvalue weighted by atomic mass is 35.5. The number of hydrogen-bond donors (Lipinski definition) is 1. The van der Waals surface area contributed by atoms with E-state index in [-0.39, 0.29) is 17.8 Å². The molecule has 6 heteroatoms. The topological polar surface area (TPSA) is 45.3 Å². The molecule has 0 saturated carbocycles. The Morgan fingerprint density at radius 2 is 2.12 bits per heavy atom. The average Bonchev–Trinajstić information content (AvgIpc) is 2.85. The normalized spacial score (nSPS) is 15.9. The van der Waals surface area contributed by atoms with Crippen LogP contribution in [0.2, 0.25) is 5.15 Å². The molecule has 1 fully saturated rings. The number of fused-ring (bicyclic) bond motifs is 1. The van der Waals surface area contributed by atoms with Crippen molar-refractivity contribution in [2.45, 2.75) is 45.6 Å². The summed E-state index contributed by atoms with van der Waals surface area (Å²) in [6.07, 6.45) is 3.19. The van der Waals surface area contributed by atoms with E-state index in [1.165, 1.54) is 12.1 Å². The molecule has 1 N–H and O–H groups in total. The zero-order valence-electron chi connectivity index (χ0n) is 14.0. The average molecular weight is 353 g/mol. The van der Waals surface area contributed by atoms with Gasteiger partial charge in [-0.3, -0.25) is 4.79 Å². The molecule has 24 heavy (non-hydrogen) atoms. The number of nitrogens with one attached hydrogen (secondary N) is 1. The molecular formula is C18H22ClFN2O2. The molecule has 3 rings (SSSR count). The van der Waals surface area contributed by atoms with Gasteiger partial charge in [0.15, 0.2) is 0 Å². The van der Waals surface area contributed by atoms with Crippen LogP contribution < -0.4 is 4.74 Å². The summed E-state index contributed by atoms with van der Waals surface area (Å²) in [5, 5.41) is 1.34. The van der Waals surface area contributed by atoms with Crippen LogP contribution in [0.5, 0.6) is 5.75 Å². The number of likely N-dealkylation sites (tertiary alicyclic amines) is 1. The van der Waals surface area contributed by atoms with Gasteiger partial charge < -0.3 is 14.6 Å². The van der Waals surface area contributed by atoms with E-state index in [1.54, 1.807) is 6.92 Å². The molecule has 0 atom stereocenters. The number of rotatable bonds is 4. The summed E-state index contributed by atoms with van der Waals surface area (Å²) in [5.41, 5.74) is 1.68. The third kappa shape index (κ3) is 3.36. The summed E-state index contributed by atoms with van der Waals surface area (Å²) < 4.78 is 20.1. The van der Waals surface area contributed by atoms with Gasteiger partial charge in [0, 0.05) is 44.3 Å². The van der Waals surface area contributed by atoms with Crippen LogP contribution in [0.3, 0.4) is 0 Å². The number of ether oxygens (including phenoxy) is 1. The quantitative estimate of drug-likeness (QED) is 0.891. The third-order valence-corrected chi connectivity index (χ3v) is 4.90. The molecule has 130 valence electrons. The summed E-state index contributed by atoms with van der Waals surface area (Å²) in [7, 11) is 0. The molecular weight excluding hydrogens is 331 g/mol. The minimum atomic E-state index is -0.327. The Labute approximate surface area is 145 Å². The van der Waals surface area contributed by atoms with Gasteiger partial charge >= 0.3 is 0 Å². The van der Waals surface area contributed by atoms with Gasteiger partial charge in [0.2, 0.25) is 5.91 Å². The fraction of sp³-hybridized carbons (Fsp3) is 0.500. The number of carbonyl (C=O) groups excluding carboxylic acids is 1. The van der Waals surface area contributed by atoms with E-state index in [0.29, 0.717) is 24.0 Å². The van der Waals surface area contributed by atoms with Crippen LogP contribution >= 0.6 is 11.6 Å². The van der Waals surface area contributed by atoms with Crippen molar-refractivity contribution in [1.29, 1.82) is 0 Å². The van der Waals surface area contributed by atoms with Crippen molar-refractivity contribution in [2.75, 3.05) is 13.1 Å². The van der Waals surface area contributed by atoms with E-state index >= 15 is 0 Å². The van der Waals surface area contributed by atoms with Crippen molar-refractivity contribution < 1.29 is 13.9 Å². The molecule has 2 aromatic rings. The van der Waals surface area contributed by atoms with Gasteiger partial charge in [-0.15, -0.1) is 0 Å². The maximum absolute atomic E-state index is 14.1. The monoisotopic (exact) mass is 352 g/mol. The second-order valence-corrected chi connectivity index (χ2v) is 6.70. The number of aryl methyl sites for hydroxylation is 1. The maximum Gasteiger partial charge on any atom is 0.219 e. The standard InChI is InChI=1S/C18H22ClFN2O2/c1-3-4-14-15-9-12(20)10-16(17(15)21-18(14)19)24-13-5-7-22(8-6-13)11(2)23/h9-10,13,21H,3-8H2,1-2H3. The van der Waals surface area contributed by atoms with Crippen LogP contribution in [-0.2, 0) is 11.2 Å². The lowest BCUT2D eigenvalue weighted by Crippen LogP contribution is -2.40. The number of benzene rings is 1. The SMILES string of the molecule is CCCc1c(Cl)[nH]c2c(OC3CCN(C(C)=O)CC3)cc(F)cc12. The van der Waals surface area contributed by atoms with Crippen LogP contribution in [0.15, 0.2) is 12.1 Å². The molecule has 1 aromatic heterocycles. The molecule has 1 aliphatic rings. The van der Waals surface area contributed by atoms with E-state index in [1.807, 2.05) is 4.90 Å². The molecule has 1 aliphatic heterocycles. The molecule has 1 amide bonds. The van der Waals surface area contributed by atoms with Crippen molar-refractivity contribution in [1.82, 2.24) is 9.88 Å². The highest BCUT2D eigenvalue weighted by molar-refractivity contribution is 6.31. The zero-order valence-corrected chi connectivity index (χ0v) is 14.8. The van der Waals surface area contributed by atoms with Crippen LogP contribution in [0.4, 0.5) is 4.39 Å². The Kier molecular flexibility index (Phi) is 4.99. The maximum atomic E-state index is 14.1. The first-order valence-corrected chi connectivity index (χ1v) is 8.79. The van der Waals surface area contributed by atoms with Gasteiger partial charge in [-0.1, -0.05) is 24.9 Å². The molecule has 4 nitrogen and oxygen atoms in total. The number of piperidine rings is 1. The number of carbonyl (C=O) groups is 1. The van der Waals surface area contributed by atoms with Gasteiger partial charge in [-0.2, -0.15) is 0 Å². The second kappa shape index (κ2) is 7.01. The molecule has 0 bridgehead atoms. The first-order valence-electron chi connectivity index (χ1n) is 8.41. The first kappa shape index (κ1) is 17.1. The molecule has 0 spiro atoms. The Bertz CT molecular complexity index is 751. The Morgan fingerprint density at radius 3 is 2.75 bits per heavy atom. The fourth-order valence-electron chi connectivity index (χ4n) is 3.31. The van der Waals surface area contributed by atoms with Crippen molar-refractivity contribution in [3.63, 3.8) is 0 Å². The lowest BCUT2D eigenvalue weighted by atomic mass is 10.1. The van der Waals surface area contributed by atoms with Crippen molar-refractivity contribution in [3.05, 3.63) is 28.7 Å². The zero-order chi connectivity index (χ0) is 17.3. The predicted octanol–water partition coefficient (Wildman–Crippen LogP) is 4.30. The first-order chi connectivity index (χ1) is 11.5. The second-order valence-electron chi connectivity index (χ2n) is 6.32. The molecule has 1 saturated heterocycles. The van der Waals surface area contributed by atoms with Crippen LogP contribution in [0.25, 0.3) is 10.9 Å². The van der Waals surface area contributed by atoms with Crippen LogP contribution in [0, 0.1) is 5.82 Å². The molecule has 1 aromatic carbocycles. The number of halogens is 2. The molecule has 0 unspecified atom stereocenters. The number of hydrogen-bond acceptors (Lipinski definition) is 2. The summed E-state index contributed by atoms with van der Waals surface area (Å²) >= 11 is 6.29. The number of nitrogens with zero attached hydrogens (tertiary/aromatic N) is 1. The van der Waals surface area contributed by atoms with Gasteiger partial charge in [-0.05, 0) is 18.1 Å². The lowest BCUT2D eigenvalue weighted by molar-refractivity contribution is -0.130. The summed E-state index contributed by atoms with van der Waals surface area (Å²) in [6.45, 7) is 4.98. The van der Waals surface area contributed by atoms with Crippen LogP contribution in [-0.4, -0.2) is 35.0 Å². The number of H-pyrrole nitrogens is 1. The van der Waals surface area contributed by atoms with Crippen molar-refractivity contribution in [3.8, 4) is 5.75 Å². The van der Waals surface area contributed by atoms with Crippen molar-refractivity contribution in [2.24, 2.45) is 0 Å². The van der Waals surface area contributed by atoms with E-state index in [0.717, 1.165) is 42.1 Å². The Morgan fingerprint density at radius 1 is 1.42 bits per heavy atom. The number of aromatic nitrogens is 1. The summed E-state index contributed by atoms with van der Waals surface area (Å²) in [5.74, 6) is 0.254. The predicted molar refractivity (Wildman–Crippen MR) is 93.2 cm³/mol. The Hall–Kier alpha value is -1.75. The van der Waals surface area contributed by atoms with E-state index in [4.69, 9.17) is 16.3 Å².